The number of nitrogens with one attached hydrogen (secondary N) is 1. The fraction of sp³-hybridized carbons (Fsp3) is 0.440. The summed E-state index contributed by atoms with van der Waals surface area (Å²) in [6.45, 7) is 4.40. The van der Waals surface area contributed by atoms with Gasteiger partial charge >= 0.3 is 0 Å². The van der Waals surface area contributed by atoms with Crippen molar-refractivity contribution in [1.29, 1.82) is 0 Å². The molecule has 2 heterocycles. The molecule has 1 amide bonds. The molecule has 0 spiro atoms. The molecule has 8 heteroatoms. The lowest BCUT2D eigenvalue weighted by Gasteiger charge is -2.41. The summed E-state index contributed by atoms with van der Waals surface area (Å²) in [4.78, 5) is 18.0. The number of carbonyl (C=O) groups is 1. The SMILES string of the molecule is CCCCCCCCCCCCCCCC(=O)Nc1cccc(C2OC(CSc3nc(-c4ccccc4)c(-c4ccccc4)o3)C(C)C(c3ccc(CO)cc3)O2)c1. The summed E-state index contributed by atoms with van der Waals surface area (Å²) < 4.78 is 20.0. The van der Waals surface area contributed by atoms with Crippen LogP contribution in [0.1, 0.15) is 133 Å². The zero-order valence-corrected chi connectivity index (χ0v) is 35.3. The van der Waals surface area contributed by atoms with E-state index in [2.05, 4.69) is 31.3 Å². The van der Waals surface area contributed by atoms with Crippen molar-refractivity contribution in [3.8, 4) is 22.6 Å². The first-order chi connectivity index (χ1) is 28.5. The summed E-state index contributed by atoms with van der Waals surface area (Å²) in [5, 5.41) is 13.4. The lowest BCUT2D eigenvalue weighted by atomic mass is 9.91. The van der Waals surface area contributed by atoms with Gasteiger partial charge < -0.3 is 24.3 Å². The molecule has 7 nitrogen and oxygen atoms in total. The fourth-order valence-corrected chi connectivity index (χ4v) is 8.68. The van der Waals surface area contributed by atoms with Crippen LogP contribution in [0.15, 0.2) is 119 Å². The lowest BCUT2D eigenvalue weighted by molar-refractivity contribution is -0.268. The minimum atomic E-state index is -0.661. The highest BCUT2D eigenvalue weighted by Gasteiger charge is 2.39. The van der Waals surface area contributed by atoms with Crippen LogP contribution in [-0.4, -0.2) is 27.9 Å². The van der Waals surface area contributed by atoms with E-state index in [0.717, 1.165) is 57.8 Å². The van der Waals surface area contributed by atoms with Gasteiger partial charge in [0.1, 0.15) is 5.69 Å². The monoisotopic (exact) mass is 802 g/mol. The van der Waals surface area contributed by atoms with Crippen molar-refractivity contribution in [2.24, 2.45) is 5.92 Å². The molecule has 308 valence electrons. The summed E-state index contributed by atoms with van der Waals surface area (Å²) in [5.74, 6) is 1.35. The van der Waals surface area contributed by atoms with E-state index in [0.29, 0.717) is 17.4 Å². The molecule has 1 fully saturated rings. The number of amides is 1. The zero-order valence-electron chi connectivity index (χ0n) is 34.5. The highest BCUT2D eigenvalue weighted by Crippen LogP contribution is 2.44. The van der Waals surface area contributed by atoms with E-state index in [9.17, 15) is 9.90 Å². The molecular formula is C50H62N2O5S. The van der Waals surface area contributed by atoms with Gasteiger partial charge in [-0.05, 0) is 29.7 Å². The largest absolute Gasteiger partial charge is 0.431 e. The second-order valence-electron chi connectivity index (χ2n) is 15.7. The highest BCUT2D eigenvalue weighted by molar-refractivity contribution is 7.99. The van der Waals surface area contributed by atoms with Gasteiger partial charge in [-0.2, -0.15) is 0 Å². The molecule has 4 atom stereocenters. The number of ether oxygens (including phenoxy) is 2. The van der Waals surface area contributed by atoms with Crippen LogP contribution in [-0.2, 0) is 20.9 Å². The van der Waals surface area contributed by atoms with Crippen molar-refractivity contribution in [2.75, 3.05) is 11.1 Å². The second-order valence-corrected chi connectivity index (χ2v) is 16.7. The first kappa shape index (κ1) is 43.4. The van der Waals surface area contributed by atoms with Crippen LogP contribution in [0, 0.1) is 5.92 Å². The Labute approximate surface area is 350 Å². The van der Waals surface area contributed by atoms with Gasteiger partial charge in [-0.15, -0.1) is 0 Å². The Balaban J connectivity index is 1.06. The van der Waals surface area contributed by atoms with Gasteiger partial charge in [0.15, 0.2) is 12.1 Å². The number of benzene rings is 4. The third-order valence-electron chi connectivity index (χ3n) is 11.1. The number of hydrogen-bond donors (Lipinski definition) is 2. The molecule has 4 aromatic carbocycles. The predicted molar refractivity (Wildman–Crippen MR) is 236 cm³/mol. The van der Waals surface area contributed by atoms with Gasteiger partial charge in [0, 0.05) is 40.5 Å². The third kappa shape index (κ3) is 12.9. The van der Waals surface area contributed by atoms with Crippen molar-refractivity contribution in [1.82, 2.24) is 4.98 Å². The molecular weight excluding hydrogens is 741 g/mol. The Morgan fingerprint density at radius 1 is 0.707 bits per heavy atom. The maximum Gasteiger partial charge on any atom is 0.256 e. The summed E-state index contributed by atoms with van der Waals surface area (Å²) in [6.07, 6.45) is 16.0. The number of unbranched alkanes of at least 4 members (excludes halogenated alkanes) is 12. The van der Waals surface area contributed by atoms with E-state index in [1.807, 2.05) is 97.1 Å². The number of thioether (sulfide) groups is 1. The van der Waals surface area contributed by atoms with E-state index in [-0.39, 0.29) is 30.6 Å². The fourth-order valence-electron chi connectivity index (χ4n) is 7.69. The summed E-state index contributed by atoms with van der Waals surface area (Å²) in [7, 11) is 0. The quantitative estimate of drug-likeness (QED) is 0.0502. The van der Waals surface area contributed by atoms with E-state index in [1.165, 1.54) is 82.4 Å². The maximum absolute atomic E-state index is 13.0. The van der Waals surface area contributed by atoms with Gasteiger partial charge in [-0.1, -0.05) is 200 Å². The number of aliphatic hydroxyl groups is 1. The summed E-state index contributed by atoms with van der Waals surface area (Å²) in [5.41, 5.74) is 6.22. The Morgan fingerprint density at radius 3 is 1.97 bits per heavy atom. The standard InChI is InChI=1S/C50H62N2O5S/c1-3-4-5-6-7-8-9-10-11-12-13-14-21-29-45(54)51-43-28-22-27-42(34-43)49-55-44(37(2)47(56-49)41-32-30-38(35-53)31-33-41)36-58-50-52-46(39-23-17-15-18-24-39)48(57-50)40-25-19-16-20-26-40/h15-20,22-28,30-34,37,44,47,49,53H,3-14,21,29,35-36H2,1-2H3,(H,51,54). The molecule has 2 N–H and O–H groups in total. The Morgan fingerprint density at radius 2 is 1.33 bits per heavy atom. The third-order valence-corrected chi connectivity index (χ3v) is 12.1. The van der Waals surface area contributed by atoms with Crippen molar-refractivity contribution in [3.63, 3.8) is 0 Å². The van der Waals surface area contributed by atoms with Crippen molar-refractivity contribution >= 4 is 23.4 Å². The summed E-state index contributed by atoms with van der Waals surface area (Å²) in [6, 6.07) is 36.0. The van der Waals surface area contributed by atoms with Crippen molar-refractivity contribution < 1.29 is 23.8 Å². The smallest absolute Gasteiger partial charge is 0.256 e. The first-order valence-electron chi connectivity index (χ1n) is 21.7. The number of oxazole rings is 1. The molecule has 0 aliphatic carbocycles. The average molecular weight is 803 g/mol. The predicted octanol–water partition coefficient (Wildman–Crippen LogP) is 13.5. The van der Waals surface area contributed by atoms with Crippen molar-refractivity contribution in [3.05, 3.63) is 126 Å². The van der Waals surface area contributed by atoms with Crippen LogP contribution in [0.4, 0.5) is 5.69 Å². The Hall–Kier alpha value is -4.21. The number of aliphatic hydroxyl groups excluding tert-OH is 1. The van der Waals surface area contributed by atoms with Crippen LogP contribution >= 0.6 is 11.8 Å². The van der Waals surface area contributed by atoms with Crippen LogP contribution in [0.3, 0.4) is 0 Å². The van der Waals surface area contributed by atoms with E-state index >= 15 is 0 Å². The number of hydrogen-bond acceptors (Lipinski definition) is 7. The number of aromatic nitrogens is 1. The van der Waals surface area contributed by atoms with Gasteiger partial charge in [0.2, 0.25) is 5.91 Å². The Bertz CT molecular complexity index is 1880. The van der Waals surface area contributed by atoms with E-state index in [4.69, 9.17) is 18.9 Å². The molecule has 1 saturated heterocycles. The van der Waals surface area contributed by atoms with E-state index < -0.39 is 6.29 Å². The molecule has 58 heavy (non-hydrogen) atoms. The Kier molecular flexibility index (Phi) is 17.5. The van der Waals surface area contributed by atoms with Crippen LogP contribution < -0.4 is 5.32 Å². The zero-order chi connectivity index (χ0) is 40.4. The molecule has 0 saturated carbocycles. The molecule has 0 radical (unpaired) electrons. The lowest BCUT2D eigenvalue weighted by Crippen LogP contribution is -2.38. The molecule has 1 aliphatic heterocycles. The molecule has 1 aromatic heterocycles. The first-order valence-corrected chi connectivity index (χ1v) is 22.7. The number of carbonyl (C=O) groups excluding carboxylic acids is 1. The molecule has 1 aliphatic rings. The van der Waals surface area contributed by atoms with Crippen LogP contribution in [0.5, 0.6) is 0 Å². The molecule has 6 rings (SSSR count). The molecule has 5 aromatic rings. The van der Waals surface area contributed by atoms with Gasteiger partial charge in [-0.3, -0.25) is 4.79 Å². The molecule has 4 unspecified atom stereocenters. The van der Waals surface area contributed by atoms with Crippen molar-refractivity contribution in [2.45, 2.75) is 134 Å². The molecule has 0 bridgehead atoms. The van der Waals surface area contributed by atoms with Gasteiger partial charge in [0.25, 0.3) is 5.22 Å². The van der Waals surface area contributed by atoms with Crippen LogP contribution in [0.25, 0.3) is 22.6 Å². The normalized spacial score (nSPS) is 18.0. The summed E-state index contributed by atoms with van der Waals surface area (Å²) >= 11 is 1.54. The second kappa shape index (κ2) is 23.4. The number of anilines is 1. The van der Waals surface area contributed by atoms with Gasteiger partial charge in [-0.25, -0.2) is 4.98 Å². The minimum Gasteiger partial charge on any atom is -0.431 e. The maximum atomic E-state index is 13.0. The minimum absolute atomic E-state index is 0.0101. The van der Waals surface area contributed by atoms with Crippen LogP contribution in [0.2, 0.25) is 0 Å². The van der Waals surface area contributed by atoms with E-state index in [1.54, 1.807) is 0 Å². The highest BCUT2D eigenvalue weighted by atomic mass is 32.2. The number of rotatable bonds is 23. The van der Waals surface area contributed by atoms with Gasteiger partial charge in [0.05, 0.1) is 18.8 Å². The topological polar surface area (TPSA) is 93.8 Å². The number of nitrogens with zero attached hydrogens (tertiary/aromatic N) is 1. The average Bonchev–Trinajstić information content (AvgIpc) is 3.70.